The lowest BCUT2D eigenvalue weighted by Gasteiger charge is -2.04. The highest BCUT2D eigenvalue weighted by molar-refractivity contribution is 6.02. The van der Waals surface area contributed by atoms with Crippen LogP contribution < -0.4 is 10.6 Å². The van der Waals surface area contributed by atoms with Crippen molar-refractivity contribution in [3.63, 3.8) is 0 Å². The zero-order chi connectivity index (χ0) is 13.4. The first-order valence-electron chi connectivity index (χ1n) is 6.07. The lowest BCUT2D eigenvalue weighted by atomic mass is 10.2. The highest BCUT2D eigenvalue weighted by Gasteiger charge is 2.13. The summed E-state index contributed by atoms with van der Waals surface area (Å²) in [7, 11) is 0. The van der Waals surface area contributed by atoms with Crippen molar-refractivity contribution < 1.29 is 4.79 Å². The summed E-state index contributed by atoms with van der Waals surface area (Å²) in [6.07, 6.45) is 0. The third-order valence-electron chi connectivity index (χ3n) is 3.31. The minimum absolute atomic E-state index is 0.0725. The van der Waals surface area contributed by atoms with E-state index >= 15 is 0 Å². The summed E-state index contributed by atoms with van der Waals surface area (Å²) in [5.41, 5.74) is 1.50. The van der Waals surface area contributed by atoms with Gasteiger partial charge in [-0.3, -0.25) is 9.36 Å². The van der Waals surface area contributed by atoms with Crippen molar-refractivity contribution >= 4 is 30.0 Å². The molecule has 2 nitrogen and oxygen atoms in total. The van der Waals surface area contributed by atoms with Gasteiger partial charge in [-0.15, -0.1) is 0 Å². The molecule has 0 bridgehead atoms. The van der Waals surface area contributed by atoms with Crippen LogP contribution in [0.4, 0.5) is 0 Å². The Morgan fingerprint density at radius 1 is 0.895 bits per heavy atom. The highest BCUT2D eigenvalue weighted by Crippen LogP contribution is 2.10. The van der Waals surface area contributed by atoms with Gasteiger partial charge in [0.25, 0.3) is 5.91 Å². The Balaban J connectivity index is 2.33. The first-order valence-corrected chi connectivity index (χ1v) is 6.07. The van der Waals surface area contributed by atoms with Gasteiger partial charge in [0.2, 0.25) is 0 Å². The number of nitrogens with zero attached hydrogens (tertiary/aromatic N) is 1. The van der Waals surface area contributed by atoms with E-state index < -0.39 is 0 Å². The largest absolute Gasteiger partial charge is 0.276 e. The number of aromatic nitrogens is 1. The van der Waals surface area contributed by atoms with Gasteiger partial charge in [-0.2, -0.15) is 0 Å². The van der Waals surface area contributed by atoms with Gasteiger partial charge in [0.15, 0.2) is 0 Å². The number of hydrogen-bond donors (Lipinski definition) is 0. The molecule has 0 fully saturated rings. The first kappa shape index (κ1) is 11.5. The molecule has 1 heterocycles. The second kappa shape index (κ2) is 4.25. The Morgan fingerprint density at radius 3 is 2.26 bits per heavy atom. The standard InChI is InChI=1S/C17H13NO/c1-12-13(2)18(16-11-7-6-10-15(12)16)17(19)14-8-4-3-5-9-14/h3-11H,1-2H2. The molecular weight excluding hydrogens is 234 g/mol. The van der Waals surface area contributed by atoms with Crippen LogP contribution in [0.15, 0.2) is 54.6 Å². The van der Waals surface area contributed by atoms with Crippen LogP contribution in [0.3, 0.4) is 0 Å². The van der Waals surface area contributed by atoms with Crippen LogP contribution in [0.2, 0.25) is 0 Å². The molecule has 3 aromatic rings. The van der Waals surface area contributed by atoms with Crippen molar-refractivity contribution in [1.29, 1.82) is 0 Å². The number of rotatable bonds is 1. The molecule has 2 heteroatoms. The SMILES string of the molecule is C=c1c(=C)n(C(=O)c2ccccc2)c2ccccc12. The van der Waals surface area contributed by atoms with Crippen molar-refractivity contribution in [3.8, 4) is 0 Å². The van der Waals surface area contributed by atoms with Crippen LogP contribution in [-0.2, 0) is 0 Å². The molecule has 1 aromatic heterocycles. The maximum Gasteiger partial charge on any atom is 0.262 e. The van der Waals surface area contributed by atoms with Crippen molar-refractivity contribution in [2.24, 2.45) is 0 Å². The van der Waals surface area contributed by atoms with E-state index in [4.69, 9.17) is 0 Å². The number of hydrogen-bond acceptors (Lipinski definition) is 1. The van der Waals surface area contributed by atoms with E-state index in [1.54, 1.807) is 16.7 Å². The zero-order valence-corrected chi connectivity index (χ0v) is 10.5. The minimum Gasteiger partial charge on any atom is -0.276 e. The van der Waals surface area contributed by atoms with Gasteiger partial charge in [0.1, 0.15) is 0 Å². The smallest absolute Gasteiger partial charge is 0.262 e. The van der Waals surface area contributed by atoms with E-state index in [1.807, 2.05) is 42.5 Å². The van der Waals surface area contributed by atoms with E-state index in [9.17, 15) is 4.79 Å². The molecule has 0 amide bonds. The lowest BCUT2D eigenvalue weighted by Crippen LogP contribution is -2.31. The van der Waals surface area contributed by atoms with E-state index in [1.165, 1.54) is 0 Å². The molecule has 19 heavy (non-hydrogen) atoms. The van der Waals surface area contributed by atoms with Crippen LogP contribution in [-0.4, -0.2) is 10.5 Å². The Bertz CT molecular complexity index is 859. The van der Waals surface area contributed by atoms with Gasteiger partial charge in [-0.25, -0.2) is 0 Å². The maximum absolute atomic E-state index is 12.6. The summed E-state index contributed by atoms with van der Waals surface area (Å²) in [6, 6.07) is 16.9. The van der Waals surface area contributed by atoms with E-state index in [2.05, 4.69) is 13.2 Å². The van der Waals surface area contributed by atoms with E-state index in [0.717, 1.165) is 16.1 Å². The first-order chi connectivity index (χ1) is 9.20. The summed E-state index contributed by atoms with van der Waals surface area (Å²) in [5.74, 6) is -0.0725. The van der Waals surface area contributed by atoms with Crippen LogP contribution >= 0.6 is 0 Å². The fourth-order valence-corrected chi connectivity index (χ4v) is 2.30. The third-order valence-corrected chi connectivity index (χ3v) is 3.31. The van der Waals surface area contributed by atoms with Crippen LogP contribution in [0.1, 0.15) is 10.4 Å². The number of fused-ring (bicyclic) bond motifs is 1. The van der Waals surface area contributed by atoms with Crippen LogP contribution in [0.25, 0.3) is 24.1 Å². The lowest BCUT2D eigenvalue weighted by molar-refractivity contribution is 0.0962. The van der Waals surface area contributed by atoms with Gasteiger partial charge in [-0.1, -0.05) is 49.6 Å². The molecule has 0 aliphatic rings. The number of carbonyl (C=O) groups excluding carboxylic acids is 1. The van der Waals surface area contributed by atoms with Gasteiger partial charge in [0.05, 0.1) is 5.52 Å². The molecular formula is C17H13NO. The van der Waals surface area contributed by atoms with Crippen molar-refractivity contribution in [2.45, 2.75) is 0 Å². The summed E-state index contributed by atoms with van der Waals surface area (Å²) in [6.45, 7) is 7.99. The minimum atomic E-state index is -0.0725. The van der Waals surface area contributed by atoms with Gasteiger partial charge in [-0.05, 0) is 18.2 Å². The van der Waals surface area contributed by atoms with Gasteiger partial charge in [0, 0.05) is 21.5 Å². The predicted octanol–water partition coefficient (Wildman–Crippen LogP) is 2.15. The molecule has 0 N–H and O–H groups in total. The second-order valence-electron chi connectivity index (χ2n) is 4.45. The average Bonchev–Trinajstić information content (AvgIpc) is 2.72. The number of benzene rings is 2. The quantitative estimate of drug-likeness (QED) is 0.646. The maximum atomic E-state index is 12.6. The summed E-state index contributed by atoms with van der Waals surface area (Å²) < 4.78 is 1.63. The van der Waals surface area contributed by atoms with Gasteiger partial charge < -0.3 is 0 Å². The van der Waals surface area contributed by atoms with Crippen molar-refractivity contribution in [2.75, 3.05) is 0 Å². The third kappa shape index (κ3) is 1.69. The topological polar surface area (TPSA) is 22.0 Å². The van der Waals surface area contributed by atoms with Gasteiger partial charge >= 0.3 is 0 Å². The molecule has 0 atom stereocenters. The van der Waals surface area contributed by atoms with E-state index in [0.29, 0.717) is 10.9 Å². The Labute approximate surface area is 110 Å². The fourth-order valence-electron chi connectivity index (χ4n) is 2.30. The Hall–Kier alpha value is -2.61. The van der Waals surface area contributed by atoms with Crippen LogP contribution in [0, 0.1) is 0 Å². The average molecular weight is 247 g/mol. The van der Waals surface area contributed by atoms with Crippen molar-refractivity contribution in [1.82, 2.24) is 4.57 Å². The predicted molar refractivity (Wildman–Crippen MR) is 78.4 cm³/mol. The molecule has 0 saturated carbocycles. The zero-order valence-electron chi connectivity index (χ0n) is 10.5. The second-order valence-corrected chi connectivity index (χ2v) is 4.45. The molecule has 92 valence electrons. The molecule has 0 aliphatic heterocycles. The Kier molecular flexibility index (Phi) is 2.57. The highest BCUT2D eigenvalue weighted by atomic mass is 16.2. The molecule has 0 spiro atoms. The van der Waals surface area contributed by atoms with Crippen LogP contribution in [0.5, 0.6) is 0 Å². The Morgan fingerprint density at radius 2 is 1.53 bits per heavy atom. The molecule has 0 aliphatic carbocycles. The van der Waals surface area contributed by atoms with Crippen molar-refractivity contribution in [3.05, 3.63) is 70.7 Å². The van der Waals surface area contributed by atoms with E-state index in [-0.39, 0.29) is 5.91 Å². The molecule has 0 radical (unpaired) electrons. The summed E-state index contributed by atoms with van der Waals surface area (Å²) >= 11 is 0. The normalized spacial score (nSPS) is 10.7. The molecule has 3 rings (SSSR count). The monoisotopic (exact) mass is 247 g/mol. The molecule has 0 unspecified atom stereocenters. The number of carbonyl (C=O) groups is 1. The fraction of sp³-hybridized carbons (Fsp3) is 0. The molecule has 2 aromatic carbocycles. The summed E-state index contributed by atoms with van der Waals surface area (Å²) in [5, 5.41) is 2.42. The number of para-hydroxylation sites is 1. The molecule has 0 saturated heterocycles. The summed E-state index contributed by atoms with van der Waals surface area (Å²) in [4.78, 5) is 12.6.